The van der Waals surface area contributed by atoms with Crippen LogP contribution in [0, 0.1) is 0 Å². The Bertz CT molecular complexity index is 1280. The lowest BCUT2D eigenvalue weighted by Crippen LogP contribution is -2.20. The van der Waals surface area contributed by atoms with Gasteiger partial charge in [0.15, 0.2) is 0 Å². The van der Waals surface area contributed by atoms with Gasteiger partial charge in [0.25, 0.3) is 0 Å². The zero-order chi connectivity index (χ0) is 22.2. The van der Waals surface area contributed by atoms with Gasteiger partial charge in [0.2, 0.25) is 0 Å². The van der Waals surface area contributed by atoms with Crippen molar-refractivity contribution in [3.8, 4) is 0 Å². The van der Waals surface area contributed by atoms with Gasteiger partial charge in [0.05, 0.1) is 36.5 Å². The molecule has 2 aliphatic carbocycles. The first kappa shape index (κ1) is 21.1. The third kappa shape index (κ3) is 4.05. The maximum Gasteiger partial charge on any atom is 0.142 e. The van der Waals surface area contributed by atoms with Crippen LogP contribution in [0.3, 0.4) is 0 Å². The van der Waals surface area contributed by atoms with Gasteiger partial charge in [-0.2, -0.15) is 5.10 Å². The molecule has 8 heteroatoms. The van der Waals surface area contributed by atoms with E-state index in [0.29, 0.717) is 6.54 Å². The van der Waals surface area contributed by atoms with Gasteiger partial charge in [-0.05, 0) is 56.2 Å². The number of aliphatic hydroxyl groups excluding tert-OH is 1. The molecule has 4 aromatic rings. The molecule has 2 aliphatic rings. The third-order valence-electron chi connectivity index (χ3n) is 6.61. The van der Waals surface area contributed by atoms with Crippen LogP contribution in [0.1, 0.15) is 52.8 Å². The van der Waals surface area contributed by atoms with Crippen LogP contribution in [0.2, 0.25) is 0 Å². The van der Waals surface area contributed by atoms with E-state index in [2.05, 4.69) is 34.7 Å². The average molecular weight is 478 g/mol. The summed E-state index contributed by atoms with van der Waals surface area (Å²) in [6.07, 6.45) is 8.66. The fraction of sp³-hybridized carbons (Fsp3) is 0.400. The zero-order valence-corrected chi connectivity index (χ0v) is 20.1. The highest BCUT2D eigenvalue weighted by Gasteiger charge is 2.27. The van der Waals surface area contributed by atoms with Gasteiger partial charge in [0, 0.05) is 21.0 Å². The van der Waals surface area contributed by atoms with Crippen LogP contribution >= 0.6 is 23.1 Å². The number of thioether (sulfide) groups is 1. The van der Waals surface area contributed by atoms with Crippen molar-refractivity contribution in [2.75, 3.05) is 11.9 Å². The van der Waals surface area contributed by atoms with Crippen LogP contribution in [-0.4, -0.2) is 31.5 Å². The quantitative estimate of drug-likeness (QED) is 0.359. The van der Waals surface area contributed by atoms with Crippen molar-refractivity contribution in [2.24, 2.45) is 0 Å². The van der Waals surface area contributed by atoms with Gasteiger partial charge in [-0.3, -0.25) is 4.68 Å². The molecular weight excluding hydrogens is 450 g/mol. The van der Waals surface area contributed by atoms with Crippen LogP contribution in [0.25, 0.3) is 10.2 Å². The fourth-order valence-electron chi connectivity index (χ4n) is 5.09. The molecule has 1 atom stereocenters. The largest absolute Gasteiger partial charge is 0.394 e. The molecule has 0 bridgehead atoms. The van der Waals surface area contributed by atoms with Crippen LogP contribution < -0.4 is 5.32 Å². The van der Waals surface area contributed by atoms with Crippen molar-refractivity contribution in [2.45, 2.75) is 61.8 Å². The van der Waals surface area contributed by atoms with Crippen molar-refractivity contribution in [3.05, 3.63) is 64.1 Å². The molecular formula is C25H27N5OS2. The van der Waals surface area contributed by atoms with Crippen molar-refractivity contribution in [1.29, 1.82) is 0 Å². The first-order valence-electron chi connectivity index (χ1n) is 11.7. The Morgan fingerprint density at radius 3 is 2.91 bits per heavy atom. The molecule has 0 amide bonds. The maximum absolute atomic E-state index is 9.39. The minimum absolute atomic E-state index is 0.113. The normalized spacial score (nSPS) is 17.3. The van der Waals surface area contributed by atoms with E-state index in [4.69, 9.17) is 9.97 Å². The molecule has 0 saturated heterocycles. The Hall–Kier alpha value is -2.42. The van der Waals surface area contributed by atoms with Gasteiger partial charge in [-0.25, -0.2) is 9.97 Å². The highest BCUT2D eigenvalue weighted by Crippen LogP contribution is 2.42. The first-order chi connectivity index (χ1) is 16.3. The van der Waals surface area contributed by atoms with Crippen LogP contribution in [-0.2, 0) is 31.6 Å². The second kappa shape index (κ2) is 9.08. The minimum atomic E-state index is 0.113. The number of hydrogen-bond donors (Lipinski definition) is 2. The van der Waals surface area contributed by atoms with E-state index in [0.717, 1.165) is 54.3 Å². The Morgan fingerprint density at radius 2 is 2.03 bits per heavy atom. The molecule has 3 aromatic heterocycles. The van der Waals surface area contributed by atoms with Gasteiger partial charge in [-0.15, -0.1) is 23.1 Å². The van der Waals surface area contributed by atoms with Crippen molar-refractivity contribution in [1.82, 2.24) is 19.7 Å². The third-order valence-corrected chi connectivity index (χ3v) is 8.80. The van der Waals surface area contributed by atoms with Gasteiger partial charge in [-0.1, -0.05) is 18.2 Å². The predicted octanol–water partition coefficient (Wildman–Crippen LogP) is 5.15. The number of aromatic nitrogens is 4. The van der Waals surface area contributed by atoms with E-state index in [9.17, 15) is 5.11 Å². The van der Waals surface area contributed by atoms with E-state index in [1.807, 2.05) is 28.3 Å². The summed E-state index contributed by atoms with van der Waals surface area (Å²) in [6.45, 7) is 0.668. The number of thiophene rings is 1. The van der Waals surface area contributed by atoms with Crippen LogP contribution in [0.15, 0.2) is 41.4 Å². The standard InChI is InChI=1S/C25H27N5OS2/c31-13-12-30-20-10-5-9-19(18(20)14-26-30)27-24-23-17-8-4-11-21(17)33-25(23)29-22(28-24)15-32-16-6-2-1-3-7-16/h1-3,6-7,14,19,31H,4-5,8-13,15H2,(H,27,28,29). The number of rotatable bonds is 7. The van der Waals surface area contributed by atoms with Gasteiger partial charge >= 0.3 is 0 Å². The summed E-state index contributed by atoms with van der Waals surface area (Å²) in [5, 5.41) is 19.0. The smallest absolute Gasteiger partial charge is 0.142 e. The highest BCUT2D eigenvalue weighted by atomic mass is 32.2. The molecule has 0 fully saturated rings. The summed E-state index contributed by atoms with van der Waals surface area (Å²) in [6, 6.07) is 10.6. The van der Waals surface area contributed by atoms with E-state index in [1.54, 1.807) is 11.8 Å². The lowest BCUT2D eigenvalue weighted by atomic mass is 9.93. The molecule has 170 valence electrons. The zero-order valence-electron chi connectivity index (χ0n) is 18.5. The summed E-state index contributed by atoms with van der Waals surface area (Å²) >= 11 is 3.63. The topological polar surface area (TPSA) is 75.9 Å². The average Bonchev–Trinajstić information content (AvgIpc) is 3.54. The monoisotopic (exact) mass is 477 g/mol. The number of hydrogen-bond acceptors (Lipinski definition) is 7. The summed E-state index contributed by atoms with van der Waals surface area (Å²) in [4.78, 5) is 13.9. The second-order valence-electron chi connectivity index (χ2n) is 8.71. The molecule has 2 N–H and O–H groups in total. The number of nitrogens with zero attached hydrogens (tertiary/aromatic N) is 4. The van der Waals surface area contributed by atoms with E-state index in [1.165, 1.54) is 38.4 Å². The maximum atomic E-state index is 9.39. The summed E-state index contributed by atoms with van der Waals surface area (Å²) in [5.41, 5.74) is 3.94. The molecule has 0 radical (unpaired) electrons. The Morgan fingerprint density at radius 1 is 1.12 bits per heavy atom. The van der Waals surface area contributed by atoms with Crippen molar-refractivity contribution < 1.29 is 5.11 Å². The van der Waals surface area contributed by atoms with Crippen molar-refractivity contribution in [3.63, 3.8) is 0 Å². The second-order valence-corrected chi connectivity index (χ2v) is 10.8. The Balaban J connectivity index is 1.35. The number of fused-ring (bicyclic) bond motifs is 4. The molecule has 3 heterocycles. The number of nitrogens with one attached hydrogen (secondary N) is 1. The number of aryl methyl sites for hydroxylation is 2. The molecule has 1 unspecified atom stereocenters. The van der Waals surface area contributed by atoms with Crippen LogP contribution in [0.5, 0.6) is 0 Å². The predicted molar refractivity (Wildman–Crippen MR) is 134 cm³/mol. The Kier molecular flexibility index (Phi) is 5.82. The van der Waals surface area contributed by atoms with Crippen LogP contribution in [0.4, 0.5) is 5.82 Å². The SMILES string of the molecule is OCCn1ncc2c1CCCC2Nc1nc(CSc2ccccc2)nc2sc3c(c12)CCC3. The number of anilines is 1. The van der Waals surface area contributed by atoms with E-state index in [-0.39, 0.29) is 12.6 Å². The molecule has 0 aliphatic heterocycles. The molecule has 0 saturated carbocycles. The molecule has 33 heavy (non-hydrogen) atoms. The molecule has 6 rings (SSSR count). The van der Waals surface area contributed by atoms with Gasteiger partial charge < -0.3 is 10.4 Å². The number of aliphatic hydroxyl groups is 1. The Labute approximate surface area is 201 Å². The lowest BCUT2D eigenvalue weighted by Gasteiger charge is -2.25. The van der Waals surface area contributed by atoms with E-state index >= 15 is 0 Å². The number of benzene rings is 1. The minimum Gasteiger partial charge on any atom is -0.394 e. The highest BCUT2D eigenvalue weighted by molar-refractivity contribution is 7.98. The molecule has 6 nitrogen and oxygen atoms in total. The lowest BCUT2D eigenvalue weighted by molar-refractivity contribution is 0.266. The first-order valence-corrected chi connectivity index (χ1v) is 13.5. The van der Waals surface area contributed by atoms with E-state index < -0.39 is 0 Å². The van der Waals surface area contributed by atoms with Gasteiger partial charge in [0.1, 0.15) is 16.5 Å². The molecule has 1 aromatic carbocycles. The summed E-state index contributed by atoms with van der Waals surface area (Å²) < 4.78 is 1.96. The summed E-state index contributed by atoms with van der Waals surface area (Å²) in [5.74, 6) is 2.61. The molecule has 0 spiro atoms. The summed E-state index contributed by atoms with van der Waals surface area (Å²) in [7, 11) is 0. The fourth-order valence-corrected chi connectivity index (χ4v) is 7.15. The van der Waals surface area contributed by atoms with Crippen molar-refractivity contribution >= 4 is 39.1 Å².